The molecule has 0 bridgehead atoms. The van der Waals surface area contributed by atoms with Crippen LogP contribution in [0.2, 0.25) is 0 Å². The molecule has 4 heterocycles. The molecule has 1 amide bonds. The third-order valence-corrected chi connectivity index (χ3v) is 4.95. The van der Waals surface area contributed by atoms with Crippen molar-refractivity contribution in [3.63, 3.8) is 0 Å². The number of hydrogen-bond donors (Lipinski definition) is 0. The number of nitrogens with zero attached hydrogens (tertiary/aromatic N) is 6. The van der Waals surface area contributed by atoms with Crippen molar-refractivity contribution in [3.8, 4) is 11.1 Å². The van der Waals surface area contributed by atoms with E-state index in [1.807, 2.05) is 17.9 Å². The Kier molecular flexibility index (Phi) is 5.10. The Labute approximate surface area is 163 Å². The molecule has 1 atom stereocenters. The minimum atomic E-state index is 0.114. The quantitative estimate of drug-likeness (QED) is 0.672. The van der Waals surface area contributed by atoms with Gasteiger partial charge >= 0.3 is 0 Å². The van der Waals surface area contributed by atoms with Crippen molar-refractivity contribution in [1.82, 2.24) is 30.0 Å². The van der Waals surface area contributed by atoms with E-state index < -0.39 is 0 Å². The van der Waals surface area contributed by atoms with Crippen LogP contribution >= 0.6 is 0 Å². The number of amides is 1. The molecule has 8 heteroatoms. The van der Waals surface area contributed by atoms with Crippen molar-refractivity contribution >= 4 is 5.91 Å². The zero-order valence-corrected chi connectivity index (χ0v) is 16.0. The molecule has 0 N–H and O–H groups in total. The fourth-order valence-corrected chi connectivity index (χ4v) is 3.56. The van der Waals surface area contributed by atoms with Gasteiger partial charge in [-0.1, -0.05) is 5.16 Å². The van der Waals surface area contributed by atoms with Crippen LogP contribution in [0.25, 0.3) is 11.1 Å². The van der Waals surface area contributed by atoms with Crippen LogP contribution in [0.15, 0.2) is 35.4 Å². The van der Waals surface area contributed by atoms with Crippen molar-refractivity contribution in [3.05, 3.63) is 54.0 Å². The SMILES string of the molecule is Cc1cc(-c2cncnc2)cc([C@@H]2CCN(C(=O)CCc3nc(C)no3)C2)n1. The molecule has 4 rings (SSSR count). The first kappa shape index (κ1) is 18.2. The number of aromatic nitrogens is 5. The first-order valence-electron chi connectivity index (χ1n) is 9.39. The molecule has 3 aromatic rings. The van der Waals surface area contributed by atoms with Gasteiger partial charge in [0, 0.05) is 61.2 Å². The largest absolute Gasteiger partial charge is 0.342 e. The summed E-state index contributed by atoms with van der Waals surface area (Å²) < 4.78 is 5.08. The first-order chi connectivity index (χ1) is 13.6. The number of aryl methyl sites for hydroxylation is 3. The van der Waals surface area contributed by atoms with Crippen LogP contribution in [0.3, 0.4) is 0 Å². The molecular formula is C20H22N6O2. The number of rotatable bonds is 5. The van der Waals surface area contributed by atoms with E-state index >= 15 is 0 Å². The molecule has 3 aromatic heterocycles. The summed E-state index contributed by atoms with van der Waals surface area (Å²) >= 11 is 0. The predicted molar refractivity (Wildman–Crippen MR) is 101 cm³/mol. The summed E-state index contributed by atoms with van der Waals surface area (Å²) in [6.07, 6.45) is 6.88. The molecule has 28 heavy (non-hydrogen) atoms. The monoisotopic (exact) mass is 378 g/mol. The van der Waals surface area contributed by atoms with E-state index in [9.17, 15) is 4.79 Å². The van der Waals surface area contributed by atoms with Crippen molar-refractivity contribution < 1.29 is 9.32 Å². The molecule has 1 aliphatic rings. The third-order valence-electron chi connectivity index (χ3n) is 4.95. The Morgan fingerprint density at radius 1 is 1.18 bits per heavy atom. The van der Waals surface area contributed by atoms with Crippen molar-refractivity contribution in [2.75, 3.05) is 13.1 Å². The second kappa shape index (κ2) is 7.84. The normalized spacial score (nSPS) is 16.5. The lowest BCUT2D eigenvalue weighted by Gasteiger charge is -2.16. The predicted octanol–water partition coefficient (Wildman–Crippen LogP) is 2.49. The molecular weight excluding hydrogens is 356 g/mol. The van der Waals surface area contributed by atoms with Gasteiger partial charge in [-0.3, -0.25) is 9.78 Å². The van der Waals surface area contributed by atoms with Crippen LogP contribution in [0, 0.1) is 13.8 Å². The highest BCUT2D eigenvalue weighted by Gasteiger charge is 2.28. The summed E-state index contributed by atoms with van der Waals surface area (Å²) in [6, 6.07) is 4.12. The zero-order chi connectivity index (χ0) is 19.5. The van der Waals surface area contributed by atoms with Gasteiger partial charge in [0.2, 0.25) is 11.8 Å². The molecule has 144 valence electrons. The molecule has 0 unspecified atom stereocenters. The van der Waals surface area contributed by atoms with Crippen molar-refractivity contribution in [2.45, 2.75) is 39.0 Å². The Hall–Kier alpha value is -3.16. The van der Waals surface area contributed by atoms with Gasteiger partial charge in [0.25, 0.3) is 0 Å². The average Bonchev–Trinajstić information content (AvgIpc) is 3.36. The van der Waals surface area contributed by atoms with E-state index in [-0.39, 0.29) is 11.8 Å². The van der Waals surface area contributed by atoms with Gasteiger partial charge in [-0.15, -0.1) is 0 Å². The molecule has 1 aliphatic heterocycles. The lowest BCUT2D eigenvalue weighted by atomic mass is 10.00. The molecule has 1 saturated heterocycles. The van der Waals surface area contributed by atoms with E-state index in [1.54, 1.807) is 19.3 Å². The average molecular weight is 378 g/mol. The van der Waals surface area contributed by atoms with Crippen LogP contribution < -0.4 is 0 Å². The summed E-state index contributed by atoms with van der Waals surface area (Å²) in [5, 5.41) is 3.76. The second-order valence-electron chi connectivity index (χ2n) is 7.11. The topological polar surface area (TPSA) is 97.9 Å². The fraction of sp³-hybridized carbons (Fsp3) is 0.400. The van der Waals surface area contributed by atoms with Gasteiger partial charge in [-0.05, 0) is 38.0 Å². The summed E-state index contributed by atoms with van der Waals surface area (Å²) in [7, 11) is 0. The maximum absolute atomic E-state index is 12.6. The highest BCUT2D eigenvalue weighted by atomic mass is 16.5. The minimum Gasteiger partial charge on any atom is -0.342 e. The van der Waals surface area contributed by atoms with Crippen LogP contribution in [0.1, 0.15) is 41.9 Å². The van der Waals surface area contributed by atoms with Gasteiger partial charge in [0.05, 0.1) is 0 Å². The summed E-state index contributed by atoms with van der Waals surface area (Å²) in [5.41, 5.74) is 3.99. The molecule has 0 radical (unpaired) electrons. The number of carbonyl (C=O) groups is 1. The van der Waals surface area contributed by atoms with Gasteiger partial charge < -0.3 is 9.42 Å². The van der Waals surface area contributed by atoms with Gasteiger partial charge in [0.1, 0.15) is 6.33 Å². The molecule has 0 spiro atoms. The minimum absolute atomic E-state index is 0.114. The van der Waals surface area contributed by atoms with Crippen LogP contribution in [0.5, 0.6) is 0 Å². The molecule has 0 saturated carbocycles. The standard InChI is InChI=1S/C20H22N6O2/c1-13-7-16(17-9-21-12-22-10-17)8-18(23-13)15-5-6-26(11-15)20(27)4-3-19-24-14(2)25-28-19/h7-10,12,15H,3-6,11H2,1-2H3/t15-/m1/s1. The number of likely N-dealkylation sites (tertiary alicyclic amines) is 1. The van der Waals surface area contributed by atoms with E-state index in [1.165, 1.54) is 6.33 Å². The van der Waals surface area contributed by atoms with Gasteiger partial charge in [0.15, 0.2) is 5.82 Å². The highest BCUT2D eigenvalue weighted by Crippen LogP contribution is 2.29. The van der Waals surface area contributed by atoms with Crippen LogP contribution in [-0.4, -0.2) is 49.0 Å². The van der Waals surface area contributed by atoms with E-state index in [2.05, 4.69) is 26.2 Å². The van der Waals surface area contributed by atoms with Crippen LogP contribution in [0.4, 0.5) is 0 Å². The Morgan fingerprint density at radius 2 is 2.00 bits per heavy atom. The maximum Gasteiger partial charge on any atom is 0.227 e. The second-order valence-corrected chi connectivity index (χ2v) is 7.11. The summed E-state index contributed by atoms with van der Waals surface area (Å²) in [5.74, 6) is 1.45. The number of pyridine rings is 1. The number of hydrogen-bond acceptors (Lipinski definition) is 7. The lowest BCUT2D eigenvalue weighted by Crippen LogP contribution is -2.28. The summed E-state index contributed by atoms with van der Waals surface area (Å²) in [4.78, 5) is 31.5. The van der Waals surface area contributed by atoms with Crippen molar-refractivity contribution in [1.29, 1.82) is 0 Å². The summed E-state index contributed by atoms with van der Waals surface area (Å²) in [6.45, 7) is 5.18. The molecule has 0 aliphatic carbocycles. The van der Waals surface area contributed by atoms with Gasteiger partial charge in [-0.25, -0.2) is 9.97 Å². The van der Waals surface area contributed by atoms with E-state index in [0.717, 1.165) is 35.5 Å². The zero-order valence-electron chi connectivity index (χ0n) is 16.0. The Balaban J connectivity index is 1.42. The van der Waals surface area contributed by atoms with Crippen molar-refractivity contribution in [2.24, 2.45) is 0 Å². The highest BCUT2D eigenvalue weighted by molar-refractivity contribution is 5.76. The third kappa shape index (κ3) is 4.05. The molecule has 8 nitrogen and oxygen atoms in total. The van der Waals surface area contributed by atoms with E-state index in [0.29, 0.717) is 31.1 Å². The lowest BCUT2D eigenvalue weighted by molar-refractivity contribution is -0.130. The van der Waals surface area contributed by atoms with Crippen LogP contribution in [-0.2, 0) is 11.2 Å². The Bertz CT molecular complexity index is 972. The smallest absolute Gasteiger partial charge is 0.227 e. The first-order valence-corrected chi connectivity index (χ1v) is 9.39. The van der Waals surface area contributed by atoms with Gasteiger partial charge in [-0.2, -0.15) is 4.98 Å². The Morgan fingerprint density at radius 3 is 2.75 bits per heavy atom. The number of carbonyl (C=O) groups excluding carboxylic acids is 1. The molecule has 0 aromatic carbocycles. The van der Waals surface area contributed by atoms with E-state index in [4.69, 9.17) is 9.51 Å². The fourth-order valence-electron chi connectivity index (χ4n) is 3.56. The maximum atomic E-state index is 12.6. The molecule has 1 fully saturated rings.